The van der Waals surface area contributed by atoms with Gasteiger partial charge in [-0.2, -0.15) is 4.98 Å². The van der Waals surface area contributed by atoms with E-state index in [4.69, 9.17) is 14.0 Å². The predicted molar refractivity (Wildman–Crippen MR) is 96.0 cm³/mol. The number of carbonyl (C=O) groups excluding carboxylic acids is 1. The summed E-state index contributed by atoms with van der Waals surface area (Å²) < 4.78 is 39.0. The standard InChI is InChI=1S/C17H21N3O6S/c1-24-13-6-4-3-5-11(13)17-19-16(26-20-17)8-7-15(21)18-12-9-27(22,23)10-14(12)25-2/h3-6,12,14H,7-10H2,1-2H3,(H,18,21). The number of rotatable bonds is 7. The number of aromatic nitrogens is 2. The molecule has 0 radical (unpaired) electrons. The zero-order valence-corrected chi connectivity index (χ0v) is 15.9. The van der Waals surface area contributed by atoms with Crippen molar-refractivity contribution in [1.82, 2.24) is 15.5 Å². The van der Waals surface area contributed by atoms with E-state index in [1.165, 1.54) is 7.11 Å². The van der Waals surface area contributed by atoms with Gasteiger partial charge in [-0.3, -0.25) is 4.79 Å². The van der Waals surface area contributed by atoms with Crippen LogP contribution in [0.15, 0.2) is 28.8 Å². The first-order valence-corrected chi connectivity index (χ1v) is 10.2. The van der Waals surface area contributed by atoms with E-state index in [1.54, 1.807) is 13.2 Å². The van der Waals surface area contributed by atoms with Crippen LogP contribution >= 0.6 is 0 Å². The highest BCUT2D eigenvalue weighted by Crippen LogP contribution is 2.27. The van der Waals surface area contributed by atoms with E-state index in [9.17, 15) is 13.2 Å². The molecular formula is C17H21N3O6S. The third-order valence-electron chi connectivity index (χ3n) is 4.33. The molecule has 3 rings (SSSR count). The van der Waals surface area contributed by atoms with Crippen LogP contribution in [0.25, 0.3) is 11.4 Å². The topological polar surface area (TPSA) is 121 Å². The van der Waals surface area contributed by atoms with E-state index in [0.29, 0.717) is 23.0 Å². The zero-order chi connectivity index (χ0) is 19.4. The van der Waals surface area contributed by atoms with Gasteiger partial charge >= 0.3 is 0 Å². The molecule has 2 unspecified atom stereocenters. The van der Waals surface area contributed by atoms with Gasteiger partial charge in [0.05, 0.1) is 36.3 Å². The first-order valence-electron chi connectivity index (χ1n) is 8.40. The fraction of sp³-hybridized carbons (Fsp3) is 0.471. The lowest BCUT2D eigenvalue weighted by molar-refractivity contribution is -0.122. The van der Waals surface area contributed by atoms with E-state index in [1.807, 2.05) is 18.2 Å². The molecule has 146 valence electrons. The largest absolute Gasteiger partial charge is 0.496 e. The lowest BCUT2D eigenvalue weighted by Gasteiger charge is -2.17. The van der Waals surface area contributed by atoms with E-state index < -0.39 is 22.0 Å². The number of benzene rings is 1. The zero-order valence-electron chi connectivity index (χ0n) is 15.0. The summed E-state index contributed by atoms with van der Waals surface area (Å²) in [7, 11) is -0.207. The smallest absolute Gasteiger partial charge is 0.227 e. The van der Waals surface area contributed by atoms with Gasteiger partial charge in [0, 0.05) is 20.0 Å². The van der Waals surface area contributed by atoms with Crippen LogP contribution < -0.4 is 10.1 Å². The van der Waals surface area contributed by atoms with Crippen LogP contribution in [0.2, 0.25) is 0 Å². The summed E-state index contributed by atoms with van der Waals surface area (Å²) in [5, 5.41) is 6.63. The maximum Gasteiger partial charge on any atom is 0.227 e. The molecule has 0 bridgehead atoms. The Morgan fingerprint density at radius 2 is 2.07 bits per heavy atom. The second-order valence-corrected chi connectivity index (χ2v) is 8.39. The molecule has 1 fully saturated rings. The number of carbonyl (C=O) groups is 1. The van der Waals surface area contributed by atoms with Gasteiger partial charge in [0.15, 0.2) is 9.84 Å². The Bertz CT molecular complexity index is 911. The highest BCUT2D eigenvalue weighted by atomic mass is 32.2. The first kappa shape index (κ1) is 19.3. The van der Waals surface area contributed by atoms with Crippen molar-refractivity contribution in [1.29, 1.82) is 0 Å². The molecule has 1 aliphatic rings. The van der Waals surface area contributed by atoms with E-state index in [0.717, 1.165) is 0 Å². The van der Waals surface area contributed by atoms with Gasteiger partial charge in [0.2, 0.25) is 17.6 Å². The summed E-state index contributed by atoms with van der Waals surface area (Å²) in [5.74, 6) is 0.820. The van der Waals surface area contributed by atoms with Gasteiger partial charge in [0.1, 0.15) is 5.75 Å². The molecule has 27 heavy (non-hydrogen) atoms. The van der Waals surface area contributed by atoms with Crippen molar-refractivity contribution in [3.05, 3.63) is 30.2 Å². The minimum atomic E-state index is -3.20. The number of sulfone groups is 1. The molecule has 2 atom stereocenters. The van der Waals surface area contributed by atoms with Crippen molar-refractivity contribution in [3.63, 3.8) is 0 Å². The maximum atomic E-state index is 12.2. The fourth-order valence-electron chi connectivity index (χ4n) is 2.98. The average Bonchev–Trinajstić information content (AvgIpc) is 3.23. The van der Waals surface area contributed by atoms with Crippen LogP contribution in [0, 0.1) is 0 Å². The van der Waals surface area contributed by atoms with Crippen LogP contribution in [0.3, 0.4) is 0 Å². The minimum absolute atomic E-state index is 0.0830. The predicted octanol–water partition coefficient (Wildman–Crippen LogP) is 0.606. The summed E-state index contributed by atoms with van der Waals surface area (Å²) >= 11 is 0. The second kappa shape index (κ2) is 8.05. The molecule has 10 heteroatoms. The van der Waals surface area contributed by atoms with Crippen molar-refractivity contribution >= 4 is 15.7 Å². The SMILES string of the molecule is COc1ccccc1-c1noc(CCC(=O)NC2CS(=O)(=O)CC2OC)n1. The molecule has 1 saturated heterocycles. The number of ether oxygens (including phenoxy) is 2. The summed E-state index contributed by atoms with van der Waals surface area (Å²) in [6.45, 7) is 0. The fourth-order valence-corrected chi connectivity index (χ4v) is 4.83. The molecule has 9 nitrogen and oxygen atoms in total. The lowest BCUT2D eigenvalue weighted by Crippen LogP contribution is -2.43. The first-order chi connectivity index (χ1) is 12.9. The molecule has 0 saturated carbocycles. The van der Waals surface area contributed by atoms with Gasteiger partial charge in [-0.25, -0.2) is 8.42 Å². The molecule has 0 spiro atoms. The summed E-state index contributed by atoms with van der Waals surface area (Å²) in [4.78, 5) is 16.4. The van der Waals surface area contributed by atoms with E-state index in [-0.39, 0.29) is 30.3 Å². The number of amides is 1. The Morgan fingerprint density at radius 1 is 1.30 bits per heavy atom. The molecule has 2 heterocycles. The van der Waals surface area contributed by atoms with Gasteiger partial charge < -0.3 is 19.3 Å². The van der Waals surface area contributed by atoms with Crippen molar-refractivity contribution < 1.29 is 27.2 Å². The van der Waals surface area contributed by atoms with Crippen molar-refractivity contribution in [2.75, 3.05) is 25.7 Å². The lowest BCUT2D eigenvalue weighted by atomic mass is 10.2. The quantitative estimate of drug-likeness (QED) is 0.724. The average molecular weight is 395 g/mol. The number of para-hydroxylation sites is 1. The van der Waals surface area contributed by atoms with Gasteiger partial charge in [-0.05, 0) is 12.1 Å². The van der Waals surface area contributed by atoms with E-state index >= 15 is 0 Å². The number of hydrogen-bond acceptors (Lipinski definition) is 8. The number of hydrogen-bond donors (Lipinski definition) is 1. The Kier molecular flexibility index (Phi) is 5.76. The van der Waals surface area contributed by atoms with Crippen molar-refractivity contribution in [2.24, 2.45) is 0 Å². The normalized spacial score (nSPS) is 21.1. The van der Waals surface area contributed by atoms with Gasteiger partial charge in [-0.1, -0.05) is 17.3 Å². The van der Waals surface area contributed by atoms with Gasteiger partial charge in [-0.15, -0.1) is 0 Å². The number of nitrogens with zero attached hydrogens (tertiary/aromatic N) is 2. The molecule has 1 aromatic heterocycles. The molecule has 1 aliphatic heterocycles. The van der Waals surface area contributed by atoms with Crippen LogP contribution in [-0.2, 0) is 25.8 Å². The van der Waals surface area contributed by atoms with Crippen molar-refractivity contribution in [2.45, 2.75) is 25.0 Å². The monoisotopic (exact) mass is 395 g/mol. The molecular weight excluding hydrogens is 374 g/mol. The number of nitrogens with one attached hydrogen (secondary N) is 1. The molecule has 1 aromatic carbocycles. The Hall–Kier alpha value is -2.46. The van der Waals surface area contributed by atoms with Crippen LogP contribution in [-0.4, -0.2) is 62.3 Å². The maximum absolute atomic E-state index is 12.2. The summed E-state index contributed by atoms with van der Waals surface area (Å²) in [5.41, 5.74) is 0.693. The molecule has 1 amide bonds. The van der Waals surface area contributed by atoms with Gasteiger partial charge in [0.25, 0.3) is 0 Å². The van der Waals surface area contributed by atoms with Crippen LogP contribution in [0.4, 0.5) is 0 Å². The Labute approximate surface area is 157 Å². The number of methoxy groups -OCH3 is 2. The molecule has 1 N–H and O–H groups in total. The minimum Gasteiger partial charge on any atom is -0.496 e. The highest BCUT2D eigenvalue weighted by molar-refractivity contribution is 7.91. The third-order valence-corrected chi connectivity index (χ3v) is 6.03. The van der Waals surface area contributed by atoms with E-state index in [2.05, 4.69) is 15.5 Å². The molecule has 2 aromatic rings. The van der Waals surface area contributed by atoms with Crippen LogP contribution in [0.1, 0.15) is 12.3 Å². The van der Waals surface area contributed by atoms with Crippen molar-refractivity contribution in [3.8, 4) is 17.1 Å². The summed E-state index contributed by atoms with van der Waals surface area (Å²) in [6, 6.07) is 6.74. The molecule has 0 aliphatic carbocycles. The summed E-state index contributed by atoms with van der Waals surface area (Å²) in [6.07, 6.45) is -0.189. The second-order valence-electron chi connectivity index (χ2n) is 6.24. The number of aryl methyl sites for hydroxylation is 1. The highest BCUT2D eigenvalue weighted by Gasteiger charge is 2.38. The Balaban J connectivity index is 1.58. The third kappa shape index (κ3) is 4.64. The Morgan fingerprint density at radius 3 is 2.81 bits per heavy atom. The van der Waals surface area contributed by atoms with Crippen LogP contribution in [0.5, 0.6) is 5.75 Å².